The summed E-state index contributed by atoms with van der Waals surface area (Å²) in [6.07, 6.45) is 1.29. The molecule has 0 aliphatic carbocycles. The molecule has 1 rings (SSSR count). The maximum Gasteiger partial charge on any atom is 0.135 e. The maximum atomic E-state index is 10.6. The van der Waals surface area contributed by atoms with Crippen LogP contribution in [0.3, 0.4) is 0 Å². The van der Waals surface area contributed by atoms with Gasteiger partial charge in [0.2, 0.25) is 0 Å². The van der Waals surface area contributed by atoms with Gasteiger partial charge in [0.15, 0.2) is 0 Å². The quantitative estimate of drug-likeness (QED) is 0.571. The van der Waals surface area contributed by atoms with Crippen molar-refractivity contribution >= 4 is 18.2 Å². The number of ketones is 1. The molecule has 0 radical (unpaired) electrons. The fourth-order valence-corrected chi connectivity index (χ4v) is 0.918. The molecule has 0 aromatic carbocycles. The largest absolute Gasteiger partial charge is 0.302 e. The number of carbonyl (C=O) groups excluding carboxylic acids is 1. The average molecular weight is 166 g/mol. The van der Waals surface area contributed by atoms with Crippen molar-refractivity contribution in [3.63, 3.8) is 0 Å². The van der Waals surface area contributed by atoms with Crippen LogP contribution in [-0.4, -0.2) is 31.0 Å². The third kappa shape index (κ3) is 2.64. The number of halogens is 1. The van der Waals surface area contributed by atoms with Crippen LogP contribution >= 0.6 is 12.4 Å². The van der Waals surface area contributed by atoms with E-state index in [0.29, 0.717) is 18.6 Å². The number of hydrogen-bond acceptors (Lipinski definition) is 3. The highest BCUT2D eigenvalue weighted by atomic mass is 35.5. The maximum absolute atomic E-state index is 10.6. The molecule has 1 aliphatic rings. The Labute approximate surface area is 66.7 Å². The van der Waals surface area contributed by atoms with Crippen LogP contribution in [0.2, 0.25) is 0 Å². The lowest BCUT2D eigenvalue weighted by atomic mass is 10.1. The highest BCUT2D eigenvalue weighted by molar-refractivity contribution is 5.85. The molecule has 0 unspecified atom stereocenters. The molecule has 0 atom stereocenters. The van der Waals surface area contributed by atoms with Crippen LogP contribution in [0.5, 0.6) is 0 Å². The number of carbonyl (C=O) groups is 1. The van der Waals surface area contributed by atoms with E-state index in [1.165, 1.54) is 0 Å². The van der Waals surface area contributed by atoms with Crippen LogP contribution in [0.25, 0.3) is 0 Å². The van der Waals surface area contributed by atoms with E-state index in [1.54, 1.807) is 12.2 Å². The van der Waals surface area contributed by atoms with Gasteiger partial charge in [0.05, 0.1) is 7.11 Å². The first-order chi connectivity index (χ1) is 4.33. The second-order valence-electron chi connectivity index (χ2n) is 2.15. The average Bonchev–Trinajstić information content (AvgIpc) is 1.90. The first-order valence-corrected chi connectivity index (χ1v) is 3.13. The Bertz CT molecular complexity index is 108. The van der Waals surface area contributed by atoms with E-state index in [9.17, 15) is 4.79 Å². The lowest BCUT2D eigenvalue weighted by Gasteiger charge is -2.22. The second-order valence-corrected chi connectivity index (χ2v) is 2.15. The molecule has 0 bridgehead atoms. The minimum absolute atomic E-state index is 0. The van der Waals surface area contributed by atoms with Gasteiger partial charge in [-0.05, 0) is 0 Å². The molecule has 0 aromatic rings. The summed E-state index contributed by atoms with van der Waals surface area (Å²) in [6, 6.07) is 0. The van der Waals surface area contributed by atoms with E-state index in [-0.39, 0.29) is 12.4 Å². The number of piperidine rings is 1. The van der Waals surface area contributed by atoms with Gasteiger partial charge in [0.1, 0.15) is 5.78 Å². The smallest absolute Gasteiger partial charge is 0.135 e. The molecule has 60 valence electrons. The van der Waals surface area contributed by atoms with Crippen molar-refractivity contribution in [1.82, 2.24) is 5.06 Å². The molecular formula is C6H12ClNO2. The van der Waals surface area contributed by atoms with Crippen LogP contribution in [0, 0.1) is 0 Å². The zero-order valence-electron chi connectivity index (χ0n) is 6.00. The fourth-order valence-electron chi connectivity index (χ4n) is 0.918. The molecule has 3 nitrogen and oxygen atoms in total. The second kappa shape index (κ2) is 4.66. The first kappa shape index (κ1) is 9.88. The Balaban J connectivity index is 0.000000810. The van der Waals surface area contributed by atoms with Crippen molar-refractivity contribution in [3.05, 3.63) is 0 Å². The number of rotatable bonds is 1. The summed E-state index contributed by atoms with van der Waals surface area (Å²) in [4.78, 5) is 15.6. The van der Waals surface area contributed by atoms with Gasteiger partial charge in [-0.15, -0.1) is 12.4 Å². The molecule has 1 heterocycles. The van der Waals surface area contributed by atoms with Crippen LogP contribution in [-0.2, 0) is 9.63 Å². The van der Waals surface area contributed by atoms with Crippen molar-refractivity contribution in [3.8, 4) is 0 Å². The minimum atomic E-state index is 0. The monoisotopic (exact) mass is 165 g/mol. The van der Waals surface area contributed by atoms with Crippen LogP contribution in [0.4, 0.5) is 0 Å². The van der Waals surface area contributed by atoms with E-state index in [0.717, 1.165) is 13.1 Å². The van der Waals surface area contributed by atoms with E-state index >= 15 is 0 Å². The predicted molar refractivity (Wildman–Crippen MR) is 40.1 cm³/mol. The number of Topliss-reactive ketones (excluding diaryl/α,β-unsaturated/α-hetero) is 1. The van der Waals surface area contributed by atoms with Gasteiger partial charge < -0.3 is 4.84 Å². The van der Waals surface area contributed by atoms with Crippen molar-refractivity contribution in [2.75, 3.05) is 20.2 Å². The lowest BCUT2D eigenvalue weighted by molar-refractivity contribution is -0.153. The molecule has 1 saturated heterocycles. The Hall–Kier alpha value is -0.120. The third-order valence-corrected chi connectivity index (χ3v) is 1.54. The van der Waals surface area contributed by atoms with Gasteiger partial charge in [0, 0.05) is 25.9 Å². The number of hydrogen-bond donors (Lipinski definition) is 0. The highest BCUT2D eigenvalue weighted by Gasteiger charge is 2.14. The summed E-state index contributed by atoms with van der Waals surface area (Å²) >= 11 is 0. The van der Waals surface area contributed by atoms with Crippen molar-refractivity contribution in [1.29, 1.82) is 0 Å². The standard InChI is InChI=1S/C6H11NO2.ClH/c1-9-7-4-2-6(8)3-5-7;/h2-5H2,1H3;1H. The summed E-state index contributed by atoms with van der Waals surface area (Å²) in [7, 11) is 1.63. The molecule has 4 heteroatoms. The Morgan fingerprint density at radius 3 is 2.30 bits per heavy atom. The van der Waals surface area contributed by atoms with Crippen LogP contribution in [0.15, 0.2) is 0 Å². The van der Waals surface area contributed by atoms with Crippen LogP contribution in [0.1, 0.15) is 12.8 Å². The first-order valence-electron chi connectivity index (χ1n) is 3.13. The Morgan fingerprint density at radius 2 is 1.90 bits per heavy atom. The molecule has 10 heavy (non-hydrogen) atoms. The van der Waals surface area contributed by atoms with Crippen molar-refractivity contribution in [2.24, 2.45) is 0 Å². The van der Waals surface area contributed by atoms with E-state index in [1.807, 2.05) is 0 Å². The molecule has 1 fully saturated rings. The molecule has 0 N–H and O–H groups in total. The van der Waals surface area contributed by atoms with E-state index < -0.39 is 0 Å². The topological polar surface area (TPSA) is 29.5 Å². The highest BCUT2D eigenvalue weighted by Crippen LogP contribution is 2.03. The minimum Gasteiger partial charge on any atom is -0.302 e. The predicted octanol–water partition coefficient (Wildman–Crippen LogP) is 0.635. The summed E-state index contributed by atoms with van der Waals surface area (Å²) in [6.45, 7) is 1.52. The van der Waals surface area contributed by atoms with Gasteiger partial charge in [0.25, 0.3) is 0 Å². The molecule has 0 amide bonds. The van der Waals surface area contributed by atoms with Gasteiger partial charge in [-0.3, -0.25) is 4.79 Å². The van der Waals surface area contributed by atoms with Gasteiger partial charge >= 0.3 is 0 Å². The Morgan fingerprint density at radius 1 is 1.40 bits per heavy atom. The van der Waals surface area contributed by atoms with Crippen molar-refractivity contribution < 1.29 is 9.63 Å². The summed E-state index contributed by atoms with van der Waals surface area (Å²) in [5.74, 6) is 0.350. The van der Waals surface area contributed by atoms with Gasteiger partial charge in [-0.2, -0.15) is 5.06 Å². The zero-order valence-corrected chi connectivity index (χ0v) is 6.82. The summed E-state index contributed by atoms with van der Waals surface area (Å²) < 4.78 is 0. The molecule has 0 saturated carbocycles. The van der Waals surface area contributed by atoms with Gasteiger partial charge in [-0.25, -0.2) is 0 Å². The SMILES string of the molecule is CON1CCC(=O)CC1.Cl. The molecule has 0 aromatic heterocycles. The summed E-state index contributed by atoms with van der Waals surface area (Å²) in [5.41, 5.74) is 0. The lowest BCUT2D eigenvalue weighted by Crippen LogP contribution is -2.32. The fraction of sp³-hybridized carbons (Fsp3) is 0.833. The van der Waals surface area contributed by atoms with Gasteiger partial charge in [-0.1, -0.05) is 0 Å². The summed E-state index contributed by atoms with van der Waals surface area (Å²) in [5, 5.41) is 1.81. The molecular weight excluding hydrogens is 154 g/mol. The zero-order chi connectivity index (χ0) is 6.69. The van der Waals surface area contributed by atoms with E-state index in [2.05, 4.69) is 0 Å². The van der Waals surface area contributed by atoms with E-state index in [4.69, 9.17) is 4.84 Å². The third-order valence-electron chi connectivity index (χ3n) is 1.54. The van der Waals surface area contributed by atoms with Crippen molar-refractivity contribution in [2.45, 2.75) is 12.8 Å². The Kier molecular flexibility index (Phi) is 4.60. The number of nitrogens with zero attached hydrogens (tertiary/aromatic N) is 1. The molecule has 0 spiro atoms. The normalized spacial score (nSPS) is 20.3. The molecule has 1 aliphatic heterocycles. The van der Waals surface area contributed by atoms with Crippen LogP contribution < -0.4 is 0 Å². The number of hydroxylamine groups is 2.